The van der Waals surface area contributed by atoms with Crippen molar-refractivity contribution in [3.05, 3.63) is 57.2 Å². The fraction of sp³-hybridized carbons (Fsp3) is 0.167. The van der Waals surface area contributed by atoms with E-state index in [2.05, 4.69) is 15.9 Å². The van der Waals surface area contributed by atoms with Crippen molar-refractivity contribution < 1.29 is 13.9 Å². The van der Waals surface area contributed by atoms with Gasteiger partial charge in [0.05, 0.1) is 10.7 Å². The van der Waals surface area contributed by atoms with Crippen molar-refractivity contribution in [1.29, 1.82) is 0 Å². The van der Waals surface area contributed by atoms with E-state index in [-0.39, 0.29) is 6.42 Å². The number of benzene rings is 1. The largest absolute Gasteiger partial charge is 0.465 e. The Balaban J connectivity index is 2.19. The van der Waals surface area contributed by atoms with Gasteiger partial charge in [0.25, 0.3) is 0 Å². The quantitative estimate of drug-likeness (QED) is 0.923. The maximum atomic E-state index is 13.5. The normalized spacial score (nSPS) is 12.7. The van der Waals surface area contributed by atoms with Gasteiger partial charge in [0.1, 0.15) is 17.7 Å². The summed E-state index contributed by atoms with van der Waals surface area (Å²) < 4.78 is 19.3. The molecule has 0 amide bonds. The van der Waals surface area contributed by atoms with E-state index in [1.807, 2.05) is 0 Å². The number of hydrogen-bond acceptors (Lipinski definition) is 2. The number of halogens is 3. The van der Waals surface area contributed by atoms with Gasteiger partial charge in [-0.25, -0.2) is 4.39 Å². The van der Waals surface area contributed by atoms with Crippen LogP contribution in [0.2, 0.25) is 5.02 Å². The highest BCUT2D eigenvalue weighted by Gasteiger charge is 2.17. The topological polar surface area (TPSA) is 33.4 Å². The zero-order valence-corrected chi connectivity index (χ0v) is 11.0. The third-order valence-electron chi connectivity index (χ3n) is 2.38. The fourth-order valence-corrected chi connectivity index (χ4v) is 2.16. The zero-order valence-electron chi connectivity index (χ0n) is 8.66. The van der Waals surface area contributed by atoms with E-state index < -0.39 is 11.9 Å². The molecule has 17 heavy (non-hydrogen) atoms. The summed E-state index contributed by atoms with van der Waals surface area (Å²) in [6.45, 7) is 0. The molecule has 0 fully saturated rings. The Hall–Kier alpha value is -0.840. The highest BCUT2D eigenvalue weighted by molar-refractivity contribution is 9.10. The lowest BCUT2D eigenvalue weighted by molar-refractivity contribution is 0.148. The second kappa shape index (κ2) is 5.21. The molecule has 1 aromatic heterocycles. The van der Waals surface area contributed by atoms with Crippen LogP contribution in [0.1, 0.15) is 17.4 Å². The average molecular weight is 320 g/mol. The molecule has 0 aliphatic rings. The van der Waals surface area contributed by atoms with Crippen LogP contribution in [0.4, 0.5) is 4.39 Å². The Morgan fingerprint density at radius 2 is 2.18 bits per heavy atom. The van der Waals surface area contributed by atoms with Crippen LogP contribution < -0.4 is 0 Å². The molecule has 90 valence electrons. The lowest BCUT2D eigenvalue weighted by Gasteiger charge is -2.09. The molecule has 0 saturated heterocycles. The van der Waals surface area contributed by atoms with Gasteiger partial charge in [-0.2, -0.15) is 0 Å². The molecule has 2 rings (SSSR count). The molecule has 2 aromatic rings. The van der Waals surface area contributed by atoms with Crippen LogP contribution in [0.25, 0.3) is 0 Å². The molecule has 0 bridgehead atoms. The number of hydrogen-bond donors (Lipinski definition) is 1. The first-order valence-electron chi connectivity index (χ1n) is 4.93. The van der Waals surface area contributed by atoms with Gasteiger partial charge >= 0.3 is 0 Å². The minimum Gasteiger partial charge on any atom is -0.465 e. The Morgan fingerprint density at radius 3 is 2.76 bits per heavy atom. The average Bonchev–Trinajstić information content (AvgIpc) is 2.68. The molecule has 2 nitrogen and oxygen atoms in total. The Morgan fingerprint density at radius 1 is 1.41 bits per heavy atom. The first-order chi connectivity index (χ1) is 8.08. The van der Waals surface area contributed by atoms with Crippen LogP contribution in [0.5, 0.6) is 0 Å². The molecule has 0 spiro atoms. The van der Waals surface area contributed by atoms with Gasteiger partial charge in [0, 0.05) is 11.4 Å². The summed E-state index contributed by atoms with van der Waals surface area (Å²) in [4.78, 5) is 0. The number of rotatable bonds is 3. The molecular formula is C12H9BrClFO2. The van der Waals surface area contributed by atoms with Crippen molar-refractivity contribution in [2.45, 2.75) is 12.5 Å². The highest BCUT2D eigenvalue weighted by atomic mass is 79.9. The number of aliphatic hydroxyl groups excluding tert-OH is 1. The van der Waals surface area contributed by atoms with Crippen molar-refractivity contribution in [2.24, 2.45) is 0 Å². The van der Waals surface area contributed by atoms with E-state index in [0.29, 0.717) is 20.8 Å². The second-order valence-electron chi connectivity index (χ2n) is 3.59. The van der Waals surface area contributed by atoms with Crippen LogP contribution in [-0.2, 0) is 6.42 Å². The molecule has 1 N–H and O–H groups in total. The lowest BCUT2D eigenvalue weighted by Crippen LogP contribution is -2.03. The van der Waals surface area contributed by atoms with Crippen molar-refractivity contribution in [3.63, 3.8) is 0 Å². The first kappa shape index (κ1) is 12.6. The Bertz CT molecular complexity index is 527. The molecule has 1 aromatic carbocycles. The standard InChI is InChI=1S/C12H9BrClFO2/c13-9-3-4-17-12(9)11(16)5-7-1-2-8(14)6-10(7)15/h1-4,6,11,16H,5H2. The summed E-state index contributed by atoms with van der Waals surface area (Å²) in [5.74, 6) is -0.0430. The van der Waals surface area contributed by atoms with Crippen LogP contribution in [0, 0.1) is 5.82 Å². The summed E-state index contributed by atoms with van der Waals surface area (Å²) in [5.41, 5.74) is 0.394. The van der Waals surface area contributed by atoms with E-state index in [9.17, 15) is 9.50 Å². The minimum atomic E-state index is -0.893. The molecule has 1 atom stereocenters. The van der Waals surface area contributed by atoms with Gasteiger partial charge in [-0.05, 0) is 39.7 Å². The fourth-order valence-electron chi connectivity index (χ4n) is 1.53. The number of furan rings is 1. The van der Waals surface area contributed by atoms with Crippen molar-refractivity contribution in [1.82, 2.24) is 0 Å². The molecule has 5 heteroatoms. The summed E-state index contributed by atoms with van der Waals surface area (Å²) in [6, 6.07) is 6.04. The first-order valence-corrected chi connectivity index (χ1v) is 6.10. The van der Waals surface area contributed by atoms with Crippen molar-refractivity contribution in [3.8, 4) is 0 Å². The van der Waals surface area contributed by atoms with Crippen molar-refractivity contribution >= 4 is 27.5 Å². The SMILES string of the molecule is OC(Cc1ccc(Cl)cc1F)c1occc1Br. The maximum Gasteiger partial charge on any atom is 0.146 e. The summed E-state index contributed by atoms with van der Waals surface area (Å²) in [5, 5.41) is 10.2. The highest BCUT2D eigenvalue weighted by Crippen LogP contribution is 2.28. The molecule has 0 aliphatic heterocycles. The lowest BCUT2D eigenvalue weighted by atomic mass is 10.1. The predicted octanol–water partition coefficient (Wildman–Crippen LogP) is 4.11. The van der Waals surface area contributed by atoms with Gasteiger partial charge in [0.2, 0.25) is 0 Å². The van der Waals surface area contributed by atoms with Gasteiger partial charge in [-0.3, -0.25) is 0 Å². The maximum absolute atomic E-state index is 13.5. The molecule has 1 heterocycles. The smallest absolute Gasteiger partial charge is 0.146 e. The summed E-state index contributed by atoms with van der Waals surface area (Å²) in [7, 11) is 0. The van der Waals surface area contributed by atoms with Gasteiger partial charge in [0.15, 0.2) is 0 Å². The Labute approximate surface area is 111 Å². The minimum absolute atomic E-state index is 0.134. The van der Waals surface area contributed by atoms with Gasteiger partial charge < -0.3 is 9.52 Å². The van der Waals surface area contributed by atoms with E-state index >= 15 is 0 Å². The van der Waals surface area contributed by atoms with E-state index in [0.717, 1.165) is 0 Å². The molecule has 1 unspecified atom stereocenters. The van der Waals surface area contributed by atoms with Crippen molar-refractivity contribution in [2.75, 3.05) is 0 Å². The van der Waals surface area contributed by atoms with Crippen LogP contribution in [-0.4, -0.2) is 5.11 Å². The monoisotopic (exact) mass is 318 g/mol. The van der Waals surface area contributed by atoms with Gasteiger partial charge in [-0.15, -0.1) is 0 Å². The summed E-state index contributed by atoms with van der Waals surface area (Å²) in [6.07, 6.45) is 0.700. The molecule has 0 saturated carbocycles. The summed E-state index contributed by atoms with van der Waals surface area (Å²) >= 11 is 8.89. The van der Waals surface area contributed by atoms with Crippen LogP contribution in [0.3, 0.4) is 0 Å². The third-order valence-corrected chi connectivity index (χ3v) is 3.27. The molecular weight excluding hydrogens is 310 g/mol. The Kier molecular flexibility index (Phi) is 3.86. The second-order valence-corrected chi connectivity index (χ2v) is 4.88. The van der Waals surface area contributed by atoms with E-state index in [4.69, 9.17) is 16.0 Å². The van der Waals surface area contributed by atoms with Crippen LogP contribution in [0.15, 0.2) is 39.4 Å². The zero-order chi connectivity index (χ0) is 12.4. The third kappa shape index (κ3) is 2.89. The van der Waals surface area contributed by atoms with E-state index in [1.54, 1.807) is 18.2 Å². The van der Waals surface area contributed by atoms with Crippen LogP contribution >= 0.6 is 27.5 Å². The van der Waals surface area contributed by atoms with Gasteiger partial charge in [-0.1, -0.05) is 17.7 Å². The number of aliphatic hydroxyl groups is 1. The predicted molar refractivity (Wildman–Crippen MR) is 66.5 cm³/mol. The van der Waals surface area contributed by atoms with E-state index in [1.165, 1.54) is 12.3 Å². The molecule has 0 aliphatic carbocycles. The molecule has 0 radical (unpaired) electrons.